The fourth-order valence-corrected chi connectivity index (χ4v) is 2.34. The van der Waals surface area contributed by atoms with Crippen molar-refractivity contribution in [2.75, 3.05) is 13.7 Å². The summed E-state index contributed by atoms with van der Waals surface area (Å²) in [5.74, 6) is 0.428. The van der Waals surface area contributed by atoms with E-state index in [9.17, 15) is 4.39 Å². The Labute approximate surface area is 133 Å². The minimum absolute atomic E-state index is 0.0306. The van der Waals surface area contributed by atoms with Gasteiger partial charge in [0.2, 0.25) is 0 Å². The van der Waals surface area contributed by atoms with Gasteiger partial charge in [-0.2, -0.15) is 0 Å². The summed E-state index contributed by atoms with van der Waals surface area (Å²) in [4.78, 5) is 0. The molecule has 0 saturated heterocycles. The zero-order valence-corrected chi connectivity index (χ0v) is 13.1. The van der Waals surface area contributed by atoms with Gasteiger partial charge < -0.3 is 10.1 Å². The molecule has 0 aliphatic rings. The molecule has 0 bridgehead atoms. The van der Waals surface area contributed by atoms with Gasteiger partial charge in [0.05, 0.1) is 0 Å². The lowest BCUT2D eigenvalue weighted by Gasteiger charge is -2.17. The number of hydrogen-bond acceptors (Lipinski definition) is 2. The lowest BCUT2D eigenvalue weighted by atomic mass is 10.1. The van der Waals surface area contributed by atoms with Crippen molar-refractivity contribution in [2.24, 2.45) is 0 Å². The summed E-state index contributed by atoms with van der Waals surface area (Å²) in [5.41, 5.74) is 0.566. The molecule has 2 aromatic rings. The maximum absolute atomic E-state index is 13.7. The molecule has 0 heterocycles. The van der Waals surface area contributed by atoms with Crippen LogP contribution in [0.2, 0.25) is 10.0 Å². The molecular formula is C16H16Cl2FNO. The molecule has 0 aliphatic carbocycles. The first-order chi connectivity index (χ1) is 10.1. The zero-order valence-electron chi connectivity index (χ0n) is 11.6. The minimum Gasteiger partial charge on any atom is -0.492 e. The number of likely N-dealkylation sites (N-methyl/N-ethyl adjacent to an activating group) is 1. The molecular weight excluding hydrogens is 312 g/mol. The molecule has 0 fully saturated rings. The van der Waals surface area contributed by atoms with Crippen molar-refractivity contribution in [3.8, 4) is 5.75 Å². The van der Waals surface area contributed by atoms with Crippen molar-refractivity contribution >= 4 is 23.2 Å². The standard InChI is InChI=1S/C16H16Cl2FNO/c1-20-14(8-11-7-13(18)5-6-16(11)19)10-21-15-4-2-3-12(17)9-15/h2-7,9,14,20H,8,10H2,1H3. The molecule has 1 unspecified atom stereocenters. The van der Waals surface area contributed by atoms with Gasteiger partial charge in [-0.25, -0.2) is 4.39 Å². The van der Waals surface area contributed by atoms with E-state index in [4.69, 9.17) is 27.9 Å². The minimum atomic E-state index is -0.262. The monoisotopic (exact) mass is 327 g/mol. The molecule has 1 atom stereocenters. The van der Waals surface area contributed by atoms with Crippen LogP contribution in [-0.2, 0) is 6.42 Å². The molecule has 0 radical (unpaired) electrons. The molecule has 21 heavy (non-hydrogen) atoms. The fraction of sp³-hybridized carbons (Fsp3) is 0.250. The number of hydrogen-bond donors (Lipinski definition) is 1. The highest BCUT2D eigenvalue weighted by Gasteiger charge is 2.12. The van der Waals surface area contributed by atoms with E-state index in [1.165, 1.54) is 12.1 Å². The van der Waals surface area contributed by atoms with E-state index in [-0.39, 0.29) is 11.9 Å². The number of nitrogens with one attached hydrogen (secondary N) is 1. The first kappa shape index (κ1) is 16.1. The summed E-state index contributed by atoms with van der Waals surface area (Å²) < 4.78 is 19.4. The van der Waals surface area contributed by atoms with E-state index in [1.807, 2.05) is 19.2 Å². The summed E-state index contributed by atoms with van der Waals surface area (Å²) in [5, 5.41) is 4.26. The molecule has 112 valence electrons. The van der Waals surface area contributed by atoms with Gasteiger partial charge in [-0.1, -0.05) is 29.3 Å². The van der Waals surface area contributed by atoms with Gasteiger partial charge in [0.1, 0.15) is 18.2 Å². The van der Waals surface area contributed by atoms with Crippen LogP contribution < -0.4 is 10.1 Å². The third kappa shape index (κ3) is 4.88. The predicted molar refractivity (Wildman–Crippen MR) is 84.9 cm³/mol. The van der Waals surface area contributed by atoms with Crippen molar-refractivity contribution in [3.05, 3.63) is 63.9 Å². The smallest absolute Gasteiger partial charge is 0.126 e. The van der Waals surface area contributed by atoms with Crippen molar-refractivity contribution in [3.63, 3.8) is 0 Å². The molecule has 1 N–H and O–H groups in total. The van der Waals surface area contributed by atoms with Crippen LogP contribution in [0.5, 0.6) is 5.75 Å². The molecule has 2 rings (SSSR count). The average Bonchev–Trinajstić information content (AvgIpc) is 2.47. The highest BCUT2D eigenvalue weighted by molar-refractivity contribution is 6.30. The van der Waals surface area contributed by atoms with Crippen LogP contribution in [0.25, 0.3) is 0 Å². The average molecular weight is 328 g/mol. The zero-order chi connectivity index (χ0) is 15.2. The lowest BCUT2D eigenvalue weighted by molar-refractivity contribution is 0.269. The summed E-state index contributed by atoms with van der Waals surface area (Å²) in [6.45, 7) is 0.406. The largest absolute Gasteiger partial charge is 0.492 e. The maximum atomic E-state index is 13.7. The summed E-state index contributed by atoms with van der Waals surface area (Å²) in [7, 11) is 1.81. The predicted octanol–water partition coefficient (Wildman–Crippen LogP) is 4.34. The number of benzene rings is 2. The van der Waals surface area contributed by atoms with Crippen molar-refractivity contribution in [2.45, 2.75) is 12.5 Å². The topological polar surface area (TPSA) is 21.3 Å². The summed E-state index contributed by atoms with van der Waals surface area (Å²) in [6.07, 6.45) is 0.490. The molecule has 2 aromatic carbocycles. The van der Waals surface area contributed by atoms with Gasteiger partial charge >= 0.3 is 0 Å². The van der Waals surface area contributed by atoms with Gasteiger partial charge in [-0.05, 0) is 55.4 Å². The molecule has 0 spiro atoms. The Balaban J connectivity index is 1.98. The van der Waals surface area contributed by atoms with Gasteiger partial charge in [0, 0.05) is 16.1 Å². The van der Waals surface area contributed by atoms with Crippen LogP contribution in [0.4, 0.5) is 4.39 Å². The van der Waals surface area contributed by atoms with E-state index in [1.54, 1.807) is 18.2 Å². The van der Waals surface area contributed by atoms with Crippen LogP contribution in [0.3, 0.4) is 0 Å². The highest BCUT2D eigenvalue weighted by atomic mass is 35.5. The van der Waals surface area contributed by atoms with Crippen LogP contribution >= 0.6 is 23.2 Å². The number of rotatable bonds is 6. The highest BCUT2D eigenvalue weighted by Crippen LogP contribution is 2.19. The van der Waals surface area contributed by atoms with Crippen LogP contribution in [-0.4, -0.2) is 19.7 Å². The Morgan fingerprint density at radius 3 is 2.62 bits per heavy atom. The van der Waals surface area contributed by atoms with Crippen LogP contribution in [0.15, 0.2) is 42.5 Å². The van der Waals surface area contributed by atoms with Gasteiger partial charge in [0.25, 0.3) is 0 Å². The molecule has 0 aromatic heterocycles. The second-order valence-electron chi connectivity index (χ2n) is 4.69. The van der Waals surface area contributed by atoms with E-state index >= 15 is 0 Å². The number of ether oxygens (including phenoxy) is 1. The first-order valence-electron chi connectivity index (χ1n) is 6.58. The maximum Gasteiger partial charge on any atom is 0.126 e. The molecule has 0 saturated carbocycles. The van der Waals surface area contributed by atoms with Crippen molar-refractivity contribution < 1.29 is 9.13 Å². The lowest BCUT2D eigenvalue weighted by Crippen LogP contribution is -2.34. The third-order valence-corrected chi connectivity index (χ3v) is 3.60. The van der Waals surface area contributed by atoms with Crippen LogP contribution in [0.1, 0.15) is 5.56 Å². The van der Waals surface area contributed by atoms with E-state index in [0.717, 1.165) is 0 Å². The number of halogens is 3. The second-order valence-corrected chi connectivity index (χ2v) is 5.57. The Morgan fingerprint density at radius 2 is 1.90 bits per heavy atom. The normalized spacial score (nSPS) is 12.2. The Hall–Kier alpha value is -1.29. The molecule has 0 aliphatic heterocycles. The van der Waals surface area contributed by atoms with Crippen molar-refractivity contribution in [1.82, 2.24) is 5.32 Å². The third-order valence-electron chi connectivity index (χ3n) is 3.13. The van der Waals surface area contributed by atoms with E-state index < -0.39 is 0 Å². The van der Waals surface area contributed by atoms with Crippen LogP contribution in [0, 0.1) is 5.82 Å². The quantitative estimate of drug-likeness (QED) is 0.852. The fourth-order valence-electron chi connectivity index (χ4n) is 1.96. The Kier molecular flexibility index (Phi) is 5.85. The Morgan fingerprint density at radius 1 is 1.14 bits per heavy atom. The molecule has 0 amide bonds. The summed E-state index contributed by atoms with van der Waals surface area (Å²) in [6, 6.07) is 11.7. The second kappa shape index (κ2) is 7.64. The van der Waals surface area contributed by atoms with Gasteiger partial charge in [-0.15, -0.1) is 0 Å². The summed E-state index contributed by atoms with van der Waals surface area (Å²) >= 11 is 11.8. The van der Waals surface area contributed by atoms with Crippen molar-refractivity contribution in [1.29, 1.82) is 0 Å². The van der Waals surface area contributed by atoms with E-state index in [2.05, 4.69) is 5.32 Å². The molecule has 5 heteroatoms. The van der Waals surface area contributed by atoms with Gasteiger partial charge in [-0.3, -0.25) is 0 Å². The SMILES string of the molecule is CNC(COc1cccc(Cl)c1)Cc1cc(Cl)ccc1F. The molecule has 2 nitrogen and oxygen atoms in total. The Bertz CT molecular complexity index is 607. The van der Waals surface area contributed by atoms with Gasteiger partial charge in [0.15, 0.2) is 0 Å². The van der Waals surface area contributed by atoms with E-state index in [0.29, 0.717) is 34.4 Å². The first-order valence-corrected chi connectivity index (χ1v) is 7.33.